The maximum Gasteiger partial charge on any atom is -0.0132 e. The first-order chi connectivity index (χ1) is 11.8. The first kappa shape index (κ1) is 41.6. The third kappa shape index (κ3) is 17.3. The van der Waals surface area contributed by atoms with Gasteiger partial charge in [-0.25, -0.2) is 0 Å². The second-order valence-electron chi connectivity index (χ2n) is 8.55. The molecule has 0 atom stereocenters. The van der Waals surface area contributed by atoms with Crippen LogP contribution in [0.4, 0.5) is 0 Å². The van der Waals surface area contributed by atoms with Crippen molar-refractivity contribution in [3.05, 3.63) is 34.9 Å². The number of hydrogen-bond donors (Lipinski definition) is 0. The minimum atomic E-state index is 0. The maximum absolute atomic E-state index is 2.38. The molecule has 0 saturated heterocycles. The number of benzene rings is 1. The molecule has 0 aliphatic carbocycles. The Kier molecular flexibility index (Phi) is 29.0. The van der Waals surface area contributed by atoms with Crippen LogP contribution in [0.3, 0.4) is 0 Å². The van der Waals surface area contributed by atoms with Gasteiger partial charge in [0.05, 0.1) is 0 Å². The molecule has 1 aromatic rings. The molecule has 0 heterocycles. The molecular formula is C28H62. The van der Waals surface area contributed by atoms with Gasteiger partial charge in [0.15, 0.2) is 0 Å². The van der Waals surface area contributed by atoms with Crippen molar-refractivity contribution in [1.82, 2.24) is 0 Å². The smallest absolute Gasteiger partial charge is 0.0132 e. The highest BCUT2D eigenvalue weighted by molar-refractivity contribution is 5.39. The maximum atomic E-state index is 2.38. The van der Waals surface area contributed by atoms with Gasteiger partial charge in [-0.05, 0) is 32.9 Å². The third-order valence-electron chi connectivity index (χ3n) is 3.53. The van der Waals surface area contributed by atoms with Crippen molar-refractivity contribution in [1.29, 1.82) is 0 Å². The standard InChI is InChI=1S/C18H30.4C2H6.2CH4/c1-16(2,3)13-10-14(17(4,5)6)12-15(11-13)18(7,8)9;4*1-2;;/h10-12H,1-9H3;4*1-2H3;2*1H4. The molecule has 0 fully saturated rings. The van der Waals surface area contributed by atoms with Gasteiger partial charge >= 0.3 is 0 Å². The Morgan fingerprint density at radius 3 is 0.536 bits per heavy atom. The van der Waals surface area contributed by atoms with Gasteiger partial charge in [-0.3, -0.25) is 0 Å². The van der Waals surface area contributed by atoms with Crippen LogP contribution in [0.15, 0.2) is 18.2 Å². The molecule has 0 saturated carbocycles. The molecule has 0 aromatic heterocycles. The van der Waals surface area contributed by atoms with Crippen molar-refractivity contribution < 1.29 is 0 Å². The molecule has 0 heteroatoms. The quantitative estimate of drug-likeness (QED) is 0.407. The lowest BCUT2D eigenvalue weighted by molar-refractivity contribution is 0.548. The van der Waals surface area contributed by atoms with E-state index in [0.717, 1.165) is 0 Å². The summed E-state index contributed by atoms with van der Waals surface area (Å²) in [5.41, 5.74) is 4.96. The number of hydrogen-bond acceptors (Lipinski definition) is 0. The van der Waals surface area contributed by atoms with Crippen molar-refractivity contribution in [2.24, 2.45) is 0 Å². The molecule has 0 N–H and O–H groups in total. The topological polar surface area (TPSA) is 0 Å². The fraction of sp³-hybridized carbons (Fsp3) is 0.786. The molecule has 0 bridgehead atoms. The van der Waals surface area contributed by atoms with E-state index in [1.807, 2.05) is 55.4 Å². The molecule has 0 radical (unpaired) electrons. The highest BCUT2D eigenvalue weighted by atomic mass is 14.3. The molecule has 1 rings (SSSR count). The molecule has 0 aliphatic heterocycles. The summed E-state index contributed by atoms with van der Waals surface area (Å²) in [6, 6.07) is 7.15. The van der Waals surface area contributed by atoms with E-state index < -0.39 is 0 Å². The highest BCUT2D eigenvalue weighted by Crippen LogP contribution is 2.34. The van der Waals surface area contributed by atoms with Gasteiger partial charge in [-0.1, -0.05) is 151 Å². The van der Waals surface area contributed by atoms with E-state index in [0.29, 0.717) is 0 Å². The zero-order valence-corrected chi connectivity index (χ0v) is 21.7. The zero-order chi connectivity index (χ0) is 22.4. The molecule has 174 valence electrons. The van der Waals surface area contributed by atoms with E-state index in [9.17, 15) is 0 Å². The van der Waals surface area contributed by atoms with Crippen LogP contribution in [0.1, 0.15) is 149 Å². The summed E-state index contributed by atoms with van der Waals surface area (Å²) in [6.07, 6.45) is 0. The van der Waals surface area contributed by atoms with Crippen LogP contribution >= 0.6 is 0 Å². The Morgan fingerprint density at radius 1 is 0.357 bits per heavy atom. The third-order valence-corrected chi connectivity index (χ3v) is 3.53. The Balaban J connectivity index is -0.000000107. The van der Waals surface area contributed by atoms with E-state index in [-0.39, 0.29) is 31.1 Å². The predicted octanol–water partition coefficient (Wildman–Crippen LogP) is 11.0. The second kappa shape index (κ2) is 19.5. The Labute approximate surface area is 183 Å². The van der Waals surface area contributed by atoms with Crippen molar-refractivity contribution >= 4 is 0 Å². The predicted molar refractivity (Wildman–Crippen MR) is 141 cm³/mol. The molecule has 0 unspecified atom stereocenters. The monoisotopic (exact) mass is 398 g/mol. The van der Waals surface area contributed by atoms with Crippen LogP contribution in [0, 0.1) is 0 Å². The average molecular weight is 399 g/mol. The molecule has 28 heavy (non-hydrogen) atoms. The van der Waals surface area contributed by atoms with Crippen LogP contribution in [-0.2, 0) is 16.2 Å². The van der Waals surface area contributed by atoms with Gasteiger partial charge in [-0.2, -0.15) is 0 Å². The van der Waals surface area contributed by atoms with Crippen LogP contribution in [0.2, 0.25) is 0 Å². The average Bonchev–Trinajstić information content (AvgIpc) is 2.59. The minimum absolute atomic E-state index is 0. The van der Waals surface area contributed by atoms with Crippen LogP contribution < -0.4 is 0 Å². The van der Waals surface area contributed by atoms with E-state index in [1.165, 1.54) is 16.7 Å². The molecule has 0 nitrogen and oxygen atoms in total. The van der Waals surface area contributed by atoms with Gasteiger partial charge < -0.3 is 0 Å². The van der Waals surface area contributed by atoms with Gasteiger partial charge in [0.2, 0.25) is 0 Å². The van der Waals surface area contributed by atoms with Gasteiger partial charge in [-0.15, -0.1) is 0 Å². The van der Waals surface area contributed by atoms with E-state index >= 15 is 0 Å². The summed E-state index contributed by atoms with van der Waals surface area (Å²) in [6.45, 7) is 36.6. The molecule has 1 aromatic carbocycles. The minimum Gasteiger partial charge on any atom is -0.0776 e. The molecule has 0 amide bonds. The number of rotatable bonds is 0. The van der Waals surface area contributed by atoms with Gasteiger partial charge in [0, 0.05) is 0 Å². The lowest BCUT2D eigenvalue weighted by Crippen LogP contribution is -2.20. The summed E-state index contributed by atoms with van der Waals surface area (Å²) in [5, 5.41) is 0. The Bertz CT molecular complexity index is 338. The Morgan fingerprint density at radius 2 is 0.464 bits per heavy atom. The van der Waals surface area contributed by atoms with Crippen LogP contribution in [-0.4, -0.2) is 0 Å². The van der Waals surface area contributed by atoms with Crippen LogP contribution in [0.25, 0.3) is 0 Å². The van der Waals surface area contributed by atoms with Crippen LogP contribution in [0.5, 0.6) is 0 Å². The van der Waals surface area contributed by atoms with Crippen molar-refractivity contribution in [3.63, 3.8) is 0 Å². The van der Waals surface area contributed by atoms with Crippen molar-refractivity contribution in [2.75, 3.05) is 0 Å². The van der Waals surface area contributed by atoms with E-state index in [4.69, 9.17) is 0 Å². The van der Waals surface area contributed by atoms with E-state index in [2.05, 4.69) is 80.5 Å². The first-order valence-electron chi connectivity index (χ1n) is 11.0. The SMILES string of the molecule is C.C.CC.CC.CC.CC.CC(C)(C)c1cc(C(C)(C)C)cc(C(C)(C)C)c1. The van der Waals surface area contributed by atoms with Crippen molar-refractivity contribution in [3.8, 4) is 0 Å². The summed E-state index contributed by atoms with van der Waals surface area (Å²) >= 11 is 0. The summed E-state index contributed by atoms with van der Waals surface area (Å²) in [5.74, 6) is 0. The largest absolute Gasteiger partial charge is 0.0776 e. The fourth-order valence-electron chi connectivity index (χ4n) is 1.93. The summed E-state index contributed by atoms with van der Waals surface area (Å²) < 4.78 is 0. The lowest BCUT2D eigenvalue weighted by Gasteiger charge is -2.29. The zero-order valence-electron chi connectivity index (χ0n) is 21.7. The first-order valence-corrected chi connectivity index (χ1v) is 11.0. The van der Waals surface area contributed by atoms with Gasteiger partial charge in [0.25, 0.3) is 0 Å². The highest BCUT2D eigenvalue weighted by Gasteiger charge is 2.23. The van der Waals surface area contributed by atoms with Gasteiger partial charge in [0.1, 0.15) is 0 Å². The molecule has 0 aliphatic rings. The van der Waals surface area contributed by atoms with E-state index in [1.54, 1.807) is 0 Å². The molecule has 0 spiro atoms. The second-order valence-corrected chi connectivity index (χ2v) is 8.55. The summed E-state index contributed by atoms with van der Waals surface area (Å²) in [7, 11) is 0. The fourth-order valence-corrected chi connectivity index (χ4v) is 1.93. The summed E-state index contributed by atoms with van der Waals surface area (Å²) in [4.78, 5) is 0. The normalized spacial score (nSPS) is 9.75. The van der Waals surface area contributed by atoms with Crippen molar-refractivity contribution in [2.45, 2.75) is 149 Å². The Hall–Kier alpha value is -0.780. The molecular weight excluding hydrogens is 336 g/mol. The lowest BCUT2D eigenvalue weighted by atomic mass is 9.76.